The molecule has 0 bridgehead atoms. The number of carbonyl (C=O) groups is 2. The third-order valence-corrected chi connectivity index (χ3v) is 7.97. The summed E-state index contributed by atoms with van der Waals surface area (Å²) in [5.74, 6) is -0.546. The van der Waals surface area contributed by atoms with Crippen molar-refractivity contribution in [2.75, 3.05) is 60.2 Å². The molecule has 2 aromatic heterocycles. The Morgan fingerprint density at radius 2 is 1.75 bits per heavy atom. The van der Waals surface area contributed by atoms with Crippen molar-refractivity contribution >= 4 is 51.2 Å². The third kappa shape index (κ3) is 7.70. The summed E-state index contributed by atoms with van der Waals surface area (Å²) in [5.41, 5.74) is 1.39. The summed E-state index contributed by atoms with van der Waals surface area (Å²) >= 11 is 1.14. The molecule has 4 N–H and O–H groups in total. The molecule has 44 heavy (non-hydrogen) atoms. The number of β-amino-alcohol motifs (C(OH)–C–C–N with tert-alkyl or cyclic N) is 1. The Morgan fingerprint density at radius 3 is 2.45 bits per heavy atom. The smallest absolute Gasteiger partial charge is 0.395 e. The lowest BCUT2D eigenvalue weighted by atomic mass is 10.1. The number of carbonyl (C=O) groups excluding carboxylic acids is 2. The van der Waals surface area contributed by atoms with Crippen LogP contribution in [0.4, 0.5) is 41.2 Å². The Morgan fingerprint density at radius 1 is 0.955 bits per heavy atom. The minimum atomic E-state index is -4.57. The fourth-order valence-corrected chi connectivity index (χ4v) is 5.34. The number of nitrogens with one attached hydrogen (secondary N) is 3. The van der Waals surface area contributed by atoms with Gasteiger partial charge in [0.1, 0.15) is 10.7 Å². The molecule has 0 atom stereocenters. The summed E-state index contributed by atoms with van der Waals surface area (Å²) in [6.45, 7) is 6.07. The summed E-state index contributed by atoms with van der Waals surface area (Å²) in [6.07, 6.45) is -1.34. The van der Waals surface area contributed by atoms with Gasteiger partial charge in [-0.1, -0.05) is 23.5 Å². The number of piperazine rings is 1. The van der Waals surface area contributed by atoms with Crippen LogP contribution in [0.2, 0.25) is 0 Å². The van der Waals surface area contributed by atoms with E-state index in [-0.39, 0.29) is 12.2 Å². The maximum absolute atomic E-state index is 13.0. The molecule has 14 heteroatoms. The van der Waals surface area contributed by atoms with Crippen LogP contribution < -0.4 is 20.9 Å². The second kappa shape index (κ2) is 13.4. The van der Waals surface area contributed by atoms with Crippen LogP contribution in [-0.4, -0.2) is 71.1 Å². The second-order valence-electron chi connectivity index (χ2n) is 10.1. The highest BCUT2D eigenvalue weighted by atomic mass is 32.1. The number of anilines is 5. The zero-order valence-electron chi connectivity index (χ0n) is 23.7. The van der Waals surface area contributed by atoms with Gasteiger partial charge in [-0.25, -0.2) is 9.97 Å². The molecule has 1 aliphatic heterocycles. The van der Waals surface area contributed by atoms with Crippen molar-refractivity contribution in [3.8, 4) is 0 Å². The minimum absolute atomic E-state index is 0.142. The molecule has 5 rings (SSSR count). The highest BCUT2D eigenvalue weighted by Gasteiger charge is 2.31. The number of hydrogen-bond donors (Lipinski definition) is 4. The van der Waals surface area contributed by atoms with Crippen molar-refractivity contribution in [2.24, 2.45) is 0 Å². The maximum Gasteiger partial charge on any atom is 0.416 e. The van der Waals surface area contributed by atoms with Crippen molar-refractivity contribution in [1.82, 2.24) is 14.9 Å². The molecule has 230 valence electrons. The molecule has 10 nitrogen and oxygen atoms in total. The van der Waals surface area contributed by atoms with Crippen LogP contribution in [0.1, 0.15) is 31.2 Å². The summed E-state index contributed by atoms with van der Waals surface area (Å²) in [7, 11) is 0. The average molecular weight is 626 g/mol. The molecule has 0 radical (unpaired) electrons. The molecule has 4 aromatic rings. The van der Waals surface area contributed by atoms with E-state index in [2.05, 4.69) is 35.7 Å². The maximum atomic E-state index is 13.0. The number of aliphatic hydroxyl groups is 1. The SMILES string of the molecule is Cc1ccc(NC(=O)c2cccc(C(F)(F)F)c2)cc1NC(=O)c1cnc(Nc2ccc(N3CCN(CCO)CC3)cn2)s1. The monoisotopic (exact) mass is 625 g/mol. The number of rotatable bonds is 9. The summed E-state index contributed by atoms with van der Waals surface area (Å²) < 4.78 is 39.1. The molecule has 1 saturated heterocycles. The topological polar surface area (TPSA) is 123 Å². The van der Waals surface area contributed by atoms with Crippen molar-refractivity contribution in [3.05, 3.63) is 88.6 Å². The van der Waals surface area contributed by atoms with E-state index in [0.29, 0.717) is 33.7 Å². The van der Waals surface area contributed by atoms with E-state index < -0.39 is 23.6 Å². The zero-order valence-corrected chi connectivity index (χ0v) is 24.5. The minimum Gasteiger partial charge on any atom is -0.395 e. The predicted molar refractivity (Wildman–Crippen MR) is 164 cm³/mol. The Hall–Kier alpha value is -4.53. The first kappa shape index (κ1) is 30.9. The molecule has 0 unspecified atom stereocenters. The fourth-order valence-electron chi connectivity index (χ4n) is 4.62. The number of aromatic nitrogens is 2. The molecule has 0 aliphatic carbocycles. The number of pyridine rings is 1. The first-order chi connectivity index (χ1) is 21.1. The number of thiazole rings is 1. The van der Waals surface area contributed by atoms with Gasteiger partial charge in [-0.3, -0.25) is 14.5 Å². The average Bonchev–Trinajstić information content (AvgIpc) is 3.48. The number of amides is 2. The van der Waals surface area contributed by atoms with Crippen LogP contribution in [0, 0.1) is 6.92 Å². The van der Waals surface area contributed by atoms with Gasteiger partial charge < -0.3 is 26.0 Å². The second-order valence-corrected chi connectivity index (χ2v) is 11.2. The Bertz CT molecular complexity index is 1620. The highest BCUT2D eigenvalue weighted by molar-refractivity contribution is 7.17. The van der Waals surface area contributed by atoms with E-state index in [1.54, 1.807) is 25.3 Å². The van der Waals surface area contributed by atoms with Crippen LogP contribution in [0.25, 0.3) is 0 Å². The van der Waals surface area contributed by atoms with Gasteiger partial charge in [0, 0.05) is 49.7 Å². The normalized spacial score (nSPS) is 13.9. The third-order valence-electron chi connectivity index (χ3n) is 7.06. The first-order valence-corrected chi connectivity index (χ1v) is 14.6. The van der Waals surface area contributed by atoms with Gasteiger partial charge in [-0.05, 0) is 55.0 Å². The van der Waals surface area contributed by atoms with E-state index in [4.69, 9.17) is 5.11 Å². The largest absolute Gasteiger partial charge is 0.416 e. The van der Waals surface area contributed by atoms with Gasteiger partial charge in [-0.2, -0.15) is 13.2 Å². The van der Waals surface area contributed by atoms with Gasteiger partial charge in [0.2, 0.25) is 0 Å². The van der Waals surface area contributed by atoms with Gasteiger partial charge in [0.25, 0.3) is 11.8 Å². The zero-order chi connectivity index (χ0) is 31.3. The van der Waals surface area contributed by atoms with Crippen molar-refractivity contribution < 1.29 is 27.9 Å². The first-order valence-electron chi connectivity index (χ1n) is 13.8. The number of nitrogens with zero attached hydrogens (tertiary/aromatic N) is 4. The summed E-state index contributed by atoms with van der Waals surface area (Å²) in [6, 6.07) is 12.8. The Labute approximate surface area is 255 Å². The molecule has 1 fully saturated rings. The van der Waals surface area contributed by atoms with E-state index >= 15 is 0 Å². The molecule has 3 heterocycles. The van der Waals surface area contributed by atoms with Crippen LogP contribution in [0.15, 0.2) is 67.0 Å². The van der Waals surface area contributed by atoms with Gasteiger partial charge in [0.15, 0.2) is 5.13 Å². The van der Waals surface area contributed by atoms with E-state index in [0.717, 1.165) is 60.9 Å². The number of halogens is 3. The highest BCUT2D eigenvalue weighted by Crippen LogP contribution is 2.30. The van der Waals surface area contributed by atoms with Crippen LogP contribution >= 0.6 is 11.3 Å². The standard InChI is InChI=1S/C30H30F3N7O3S/c1-19-5-6-22(36-27(42)20-3-2-4-21(15-20)30(31,32)33)16-24(19)37-28(43)25-18-35-29(44-25)38-26-8-7-23(17-34-26)40-11-9-39(10-12-40)13-14-41/h2-8,15-18,41H,9-14H2,1H3,(H,36,42)(H,37,43)(H,34,35,38). The van der Waals surface area contributed by atoms with Crippen LogP contribution in [-0.2, 0) is 6.18 Å². The van der Waals surface area contributed by atoms with E-state index in [1.807, 2.05) is 12.1 Å². The number of benzene rings is 2. The molecular formula is C30H30F3N7O3S. The molecule has 0 spiro atoms. The van der Waals surface area contributed by atoms with Gasteiger partial charge in [0.05, 0.1) is 30.3 Å². The van der Waals surface area contributed by atoms with Crippen molar-refractivity contribution in [3.63, 3.8) is 0 Å². The fraction of sp³-hybridized carbons (Fsp3) is 0.267. The van der Waals surface area contributed by atoms with E-state index in [9.17, 15) is 22.8 Å². The molecule has 2 amide bonds. The lowest BCUT2D eigenvalue weighted by Gasteiger charge is -2.35. The molecule has 1 aliphatic rings. The molecular weight excluding hydrogens is 595 g/mol. The lowest BCUT2D eigenvalue weighted by molar-refractivity contribution is -0.137. The Balaban J connectivity index is 1.18. The molecule has 0 saturated carbocycles. The quantitative estimate of drug-likeness (QED) is 0.200. The van der Waals surface area contributed by atoms with Crippen LogP contribution in [0.5, 0.6) is 0 Å². The lowest BCUT2D eigenvalue weighted by Crippen LogP contribution is -2.47. The van der Waals surface area contributed by atoms with Crippen molar-refractivity contribution in [2.45, 2.75) is 13.1 Å². The van der Waals surface area contributed by atoms with Crippen molar-refractivity contribution in [1.29, 1.82) is 0 Å². The van der Waals surface area contributed by atoms with Crippen LogP contribution in [0.3, 0.4) is 0 Å². The molecule has 2 aromatic carbocycles. The summed E-state index contributed by atoms with van der Waals surface area (Å²) in [5, 5.41) is 18.1. The van der Waals surface area contributed by atoms with E-state index in [1.165, 1.54) is 24.4 Å². The number of aliphatic hydroxyl groups excluding tert-OH is 1. The number of alkyl halides is 3. The summed E-state index contributed by atoms with van der Waals surface area (Å²) in [4.78, 5) is 39.2. The predicted octanol–water partition coefficient (Wildman–Crippen LogP) is 5.23. The van der Waals surface area contributed by atoms with Gasteiger partial charge >= 0.3 is 6.18 Å². The number of hydrogen-bond acceptors (Lipinski definition) is 9. The van der Waals surface area contributed by atoms with Gasteiger partial charge in [-0.15, -0.1) is 0 Å². The Kier molecular flexibility index (Phi) is 9.42. The number of aryl methyl sites for hydroxylation is 1.